The van der Waals surface area contributed by atoms with Gasteiger partial charge in [0.1, 0.15) is 0 Å². The van der Waals surface area contributed by atoms with Crippen LogP contribution in [0.2, 0.25) is 0 Å². The van der Waals surface area contributed by atoms with Crippen molar-refractivity contribution >= 4 is 15.1 Å². The Morgan fingerprint density at radius 2 is 1.43 bits per heavy atom. The molecule has 0 bridgehead atoms. The molecule has 0 aliphatic heterocycles. The molecule has 0 saturated heterocycles. The Kier molecular flexibility index (Phi) is 2.33. The van der Waals surface area contributed by atoms with Gasteiger partial charge in [0, 0.05) is 0 Å². The molecule has 0 rings (SSSR count). The van der Waals surface area contributed by atoms with E-state index in [9.17, 15) is 0 Å². The van der Waals surface area contributed by atoms with Crippen LogP contribution in [0.3, 0.4) is 0 Å². The van der Waals surface area contributed by atoms with Gasteiger partial charge in [0.05, 0.1) is 0 Å². The van der Waals surface area contributed by atoms with E-state index < -0.39 is 7.26 Å². The predicted molar refractivity (Wildman–Crippen MR) is 44.1 cm³/mol. The van der Waals surface area contributed by atoms with Crippen LogP contribution >= 0.6 is 7.26 Å². The molecule has 0 aliphatic carbocycles. The maximum atomic E-state index is 2.40. The van der Waals surface area contributed by atoms with Gasteiger partial charge in [-0.05, 0) is 0 Å². The summed E-state index contributed by atoms with van der Waals surface area (Å²) in [6, 6.07) is 0. The first-order valence-electron chi connectivity index (χ1n) is 2.94. The summed E-state index contributed by atoms with van der Waals surface area (Å²) in [5.41, 5.74) is 0.937. The molecule has 0 nitrogen and oxygen atoms in total. The van der Waals surface area contributed by atoms with Crippen LogP contribution in [0.1, 0.15) is 6.92 Å². The van der Waals surface area contributed by atoms with Gasteiger partial charge < -0.3 is 0 Å². The van der Waals surface area contributed by atoms with Crippen LogP contribution in [0, 0.1) is 0 Å². The Morgan fingerprint density at radius 3 is 1.43 bits per heavy atom. The van der Waals surface area contributed by atoms with Gasteiger partial charge in [-0.2, -0.15) is 0 Å². The molecule has 2 heteroatoms. The molecule has 0 saturated carbocycles. The normalized spacial score (nSPS) is 18.9. The summed E-state index contributed by atoms with van der Waals surface area (Å²) in [5, 5.41) is 0. The molecule has 0 heterocycles. The Labute approximate surface area is 48.4 Å². The third-order valence-electron chi connectivity index (χ3n) is 1.73. The summed E-state index contributed by atoms with van der Waals surface area (Å²) in [7, 11) is 1.58. The Balaban J connectivity index is 3.54. The fourth-order valence-corrected chi connectivity index (χ4v) is 0. The van der Waals surface area contributed by atoms with Crippen molar-refractivity contribution < 1.29 is 0 Å². The van der Waals surface area contributed by atoms with Crippen molar-refractivity contribution in [3.8, 4) is 0 Å². The van der Waals surface area contributed by atoms with Gasteiger partial charge in [-0.1, -0.05) is 0 Å². The second kappa shape index (κ2) is 2.18. The summed E-state index contributed by atoms with van der Waals surface area (Å²) in [6.45, 7) is 9.51. The van der Waals surface area contributed by atoms with Crippen molar-refractivity contribution in [3.63, 3.8) is 0 Å². The van der Waals surface area contributed by atoms with E-state index in [0.29, 0.717) is 0 Å². The molecule has 0 spiro atoms. The first kappa shape index (κ1) is 7.49. The van der Waals surface area contributed by atoms with E-state index in [0.717, 1.165) is 5.56 Å². The molecule has 0 aromatic heterocycles. The average molecular weight is 118 g/mol. The maximum absolute atomic E-state index is 2.40. The predicted octanol–water partition coefficient (Wildman–Crippen LogP) is 0.605. The number of hydrogen-bond donors (Lipinski definition) is 0. The quantitative estimate of drug-likeness (QED) is 0.349. The summed E-state index contributed by atoms with van der Waals surface area (Å²) in [5.74, 6) is 0. The third-order valence-corrected chi connectivity index (χ3v) is 5.20. The molecule has 0 amide bonds. The summed E-state index contributed by atoms with van der Waals surface area (Å²) >= 11 is 0. The zero-order chi connectivity index (χ0) is 6.08. The average Bonchev–Trinajstić information content (AvgIpc) is 1.31. The minimum atomic E-state index is -0.735. The molecule has 0 aliphatic rings. The van der Waals surface area contributed by atoms with Crippen molar-refractivity contribution in [2.45, 2.75) is 12.5 Å². The molecule has 44 valence electrons. The third kappa shape index (κ3) is 3.11. The van der Waals surface area contributed by atoms with Gasteiger partial charge in [0.2, 0.25) is 0 Å². The molecular weight excluding hydrogens is 102 g/mol. The van der Waals surface area contributed by atoms with Crippen LogP contribution in [-0.2, 0) is 0 Å². The summed E-state index contributed by atoms with van der Waals surface area (Å²) in [4.78, 5) is 0. The van der Waals surface area contributed by atoms with E-state index in [2.05, 4.69) is 34.8 Å². The van der Waals surface area contributed by atoms with E-state index in [1.807, 2.05) is 0 Å². The fraction of sp³-hybridized carbons (Fsp3) is 1.00. The van der Waals surface area contributed by atoms with Crippen LogP contribution in [0.15, 0.2) is 0 Å². The van der Waals surface area contributed by atoms with E-state index >= 15 is 0 Å². The van der Waals surface area contributed by atoms with E-state index in [4.69, 9.17) is 0 Å². The van der Waals surface area contributed by atoms with Crippen LogP contribution in [0.5, 0.6) is 0 Å². The molecule has 1 atom stereocenters. The Bertz CT molecular complexity index is 53.6. The van der Waals surface area contributed by atoms with Crippen molar-refractivity contribution in [1.82, 2.24) is 0 Å². The van der Waals surface area contributed by atoms with E-state index in [-0.39, 0.29) is 0 Å². The van der Waals surface area contributed by atoms with Crippen LogP contribution in [0.25, 0.3) is 0 Å². The first-order chi connectivity index (χ1) is 2.94. The number of rotatable bonds is 1. The van der Waals surface area contributed by atoms with Crippen LogP contribution in [0.4, 0.5) is 0 Å². The molecule has 0 aromatic carbocycles. The van der Waals surface area contributed by atoms with E-state index in [1.54, 1.807) is 0 Å². The molecule has 0 aromatic rings. The minimum absolute atomic E-state index is 0.735. The van der Waals surface area contributed by atoms with Crippen molar-refractivity contribution in [1.29, 1.82) is 0 Å². The second-order valence-electron chi connectivity index (χ2n) is 3.52. The first-order valence-corrected chi connectivity index (χ1v) is 6.52. The van der Waals surface area contributed by atoms with Crippen LogP contribution < -0.4 is 0 Å². The van der Waals surface area contributed by atoms with Crippen molar-refractivity contribution in [2.24, 2.45) is 0 Å². The molecule has 7 heavy (non-hydrogen) atoms. The standard InChI is InChI=1S/C5H16BP/c1-5(6)7(2,3)4/h5,7H,6H2,1-4H3. The zero-order valence-corrected chi connectivity index (χ0v) is 7.08. The topological polar surface area (TPSA) is 0 Å². The summed E-state index contributed by atoms with van der Waals surface area (Å²) < 4.78 is 0. The molecule has 0 N–H and O–H groups in total. The number of hydrogen-bond acceptors (Lipinski definition) is 0. The Hall–Kier alpha value is 0.495. The van der Waals surface area contributed by atoms with Gasteiger partial charge >= 0.3 is 47.6 Å². The van der Waals surface area contributed by atoms with Crippen molar-refractivity contribution in [3.05, 3.63) is 0 Å². The summed E-state index contributed by atoms with van der Waals surface area (Å²) in [6.07, 6.45) is 0. The molecule has 1 unspecified atom stereocenters. The van der Waals surface area contributed by atoms with Crippen LogP contribution in [-0.4, -0.2) is 33.4 Å². The van der Waals surface area contributed by atoms with E-state index in [1.165, 1.54) is 0 Å². The van der Waals surface area contributed by atoms with Gasteiger partial charge in [0.15, 0.2) is 0 Å². The van der Waals surface area contributed by atoms with Gasteiger partial charge in [-0.3, -0.25) is 0 Å². The SMILES string of the molecule is BC(C)[PH](C)(C)C. The zero-order valence-electron chi connectivity index (χ0n) is 6.08. The Morgan fingerprint density at radius 1 is 1.29 bits per heavy atom. The fourth-order valence-electron chi connectivity index (χ4n) is 0. The van der Waals surface area contributed by atoms with Gasteiger partial charge in [-0.25, -0.2) is 0 Å². The monoisotopic (exact) mass is 118 g/mol. The second-order valence-corrected chi connectivity index (χ2v) is 9.41. The van der Waals surface area contributed by atoms with Gasteiger partial charge in [-0.15, -0.1) is 0 Å². The molecule has 0 fully saturated rings. The van der Waals surface area contributed by atoms with Gasteiger partial charge in [0.25, 0.3) is 0 Å². The molecule has 0 radical (unpaired) electrons. The molecular formula is C5H16BP. The van der Waals surface area contributed by atoms with Crippen molar-refractivity contribution in [2.75, 3.05) is 20.0 Å².